The molecule has 5 heteroatoms. The van der Waals surface area contributed by atoms with Gasteiger partial charge in [-0.1, -0.05) is 48.6 Å². The Morgan fingerprint density at radius 1 is 1.14 bits per heavy atom. The summed E-state index contributed by atoms with van der Waals surface area (Å²) in [6, 6.07) is 14.4. The van der Waals surface area contributed by atoms with E-state index in [1.54, 1.807) is 14.2 Å². The smallest absolute Gasteiger partial charge is 0.407 e. The first kappa shape index (κ1) is 19.4. The van der Waals surface area contributed by atoms with Gasteiger partial charge in [0.2, 0.25) is 0 Å². The second-order valence-electron chi connectivity index (χ2n) is 7.57. The van der Waals surface area contributed by atoms with E-state index in [4.69, 9.17) is 14.2 Å². The molecule has 1 heterocycles. The van der Waals surface area contributed by atoms with E-state index in [0.29, 0.717) is 12.5 Å². The van der Waals surface area contributed by atoms with Crippen molar-refractivity contribution in [1.29, 1.82) is 0 Å². The lowest BCUT2D eigenvalue weighted by Crippen LogP contribution is -2.32. The van der Waals surface area contributed by atoms with Crippen LogP contribution in [0.1, 0.15) is 35.4 Å². The molecule has 152 valence electrons. The van der Waals surface area contributed by atoms with Crippen LogP contribution >= 0.6 is 0 Å². The molecule has 1 amide bonds. The molecular weight excluding hydrogens is 366 g/mol. The Balaban J connectivity index is 1.56. The van der Waals surface area contributed by atoms with E-state index >= 15 is 0 Å². The van der Waals surface area contributed by atoms with Crippen molar-refractivity contribution in [1.82, 2.24) is 5.32 Å². The molecule has 2 aromatic carbocycles. The summed E-state index contributed by atoms with van der Waals surface area (Å²) in [5, 5.41) is 2.82. The molecule has 3 unspecified atom stereocenters. The standard InChI is InChI=1S/C24H27NO4/c1-27-20-12-6-10-18(23(20)28-2)9-5-8-17-14-13-16-7-3-4-11-19(16)22(17)21-15-25-24(26)29-21/h3-7,9-12,17,21-22H,8,13-15H2,1-2H3,(H,25,26)/b9-5+. The summed E-state index contributed by atoms with van der Waals surface area (Å²) in [4.78, 5) is 11.7. The van der Waals surface area contributed by atoms with Gasteiger partial charge in [-0.25, -0.2) is 4.79 Å². The number of hydrogen-bond acceptors (Lipinski definition) is 4. The summed E-state index contributed by atoms with van der Waals surface area (Å²) >= 11 is 0. The van der Waals surface area contributed by atoms with Gasteiger partial charge in [0, 0.05) is 11.5 Å². The molecule has 1 aliphatic heterocycles. The number of nitrogens with one attached hydrogen (secondary N) is 1. The van der Waals surface area contributed by atoms with Crippen molar-refractivity contribution < 1.29 is 19.0 Å². The summed E-state index contributed by atoms with van der Waals surface area (Å²) in [5.41, 5.74) is 3.68. The predicted molar refractivity (Wildman–Crippen MR) is 112 cm³/mol. The molecule has 0 bridgehead atoms. The number of alkyl carbamates (subject to hydrolysis) is 1. The highest BCUT2D eigenvalue weighted by molar-refractivity contribution is 5.69. The van der Waals surface area contributed by atoms with Crippen molar-refractivity contribution in [3.63, 3.8) is 0 Å². The van der Waals surface area contributed by atoms with E-state index in [2.05, 4.69) is 41.7 Å². The second kappa shape index (κ2) is 8.60. The van der Waals surface area contributed by atoms with Gasteiger partial charge >= 0.3 is 6.09 Å². The van der Waals surface area contributed by atoms with Crippen molar-refractivity contribution in [2.45, 2.75) is 31.3 Å². The Labute approximate surface area is 171 Å². The highest BCUT2D eigenvalue weighted by Crippen LogP contribution is 2.42. The average molecular weight is 393 g/mol. The molecule has 0 spiro atoms. The third-order valence-corrected chi connectivity index (χ3v) is 5.98. The molecule has 1 N–H and O–H groups in total. The number of benzene rings is 2. The van der Waals surface area contributed by atoms with Crippen LogP contribution in [0.15, 0.2) is 48.5 Å². The zero-order chi connectivity index (χ0) is 20.2. The van der Waals surface area contributed by atoms with E-state index in [1.807, 2.05) is 18.2 Å². The zero-order valence-corrected chi connectivity index (χ0v) is 16.9. The van der Waals surface area contributed by atoms with Crippen LogP contribution in [0.2, 0.25) is 0 Å². The molecule has 2 aliphatic rings. The van der Waals surface area contributed by atoms with Crippen LogP contribution in [0.5, 0.6) is 11.5 Å². The normalized spacial score (nSPS) is 23.4. The predicted octanol–water partition coefficient (Wildman–Crippen LogP) is 4.56. The Morgan fingerprint density at radius 2 is 2.00 bits per heavy atom. The third kappa shape index (κ3) is 3.95. The maximum Gasteiger partial charge on any atom is 0.407 e. The fraction of sp³-hybridized carbons (Fsp3) is 0.375. The molecule has 29 heavy (non-hydrogen) atoms. The maximum atomic E-state index is 11.7. The van der Waals surface area contributed by atoms with Gasteiger partial charge in [-0.3, -0.25) is 0 Å². The molecule has 0 aromatic heterocycles. The number of methoxy groups -OCH3 is 2. The molecular formula is C24H27NO4. The van der Waals surface area contributed by atoms with Crippen LogP contribution < -0.4 is 14.8 Å². The van der Waals surface area contributed by atoms with Gasteiger partial charge in [0.1, 0.15) is 6.10 Å². The highest BCUT2D eigenvalue weighted by atomic mass is 16.6. The van der Waals surface area contributed by atoms with Crippen LogP contribution in [0.3, 0.4) is 0 Å². The van der Waals surface area contributed by atoms with Crippen LogP contribution in [0, 0.1) is 5.92 Å². The third-order valence-electron chi connectivity index (χ3n) is 5.98. The number of rotatable bonds is 6. The Bertz CT molecular complexity index is 908. The lowest BCUT2D eigenvalue weighted by atomic mass is 9.71. The number of aryl methyl sites for hydroxylation is 1. The molecule has 4 rings (SSSR count). The molecule has 2 aromatic rings. The topological polar surface area (TPSA) is 56.8 Å². The number of carbonyl (C=O) groups excluding carboxylic acids is 1. The highest BCUT2D eigenvalue weighted by Gasteiger charge is 2.39. The summed E-state index contributed by atoms with van der Waals surface area (Å²) in [7, 11) is 3.30. The minimum absolute atomic E-state index is 0.117. The number of allylic oxidation sites excluding steroid dienone is 1. The van der Waals surface area contributed by atoms with Gasteiger partial charge in [0.25, 0.3) is 0 Å². The van der Waals surface area contributed by atoms with Crippen molar-refractivity contribution >= 4 is 12.2 Å². The van der Waals surface area contributed by atoms with Gasteiger partial charge < -0.3 is 19.5 Å². The van der Waals surface area contributed by atoms with Crippen LogP contribution in [-0.4, -0.2) is 33.0 Å². The minimum atomic E-state index is -0.312. The Morgan fingerprint density at radius 3 is 2.76 bits per heavy atom. The van der Waals surface area contributed by atoms with Gasteiger partial charge in [-0.05, 0) is 42.4 Å². The average Bonchev–Trinajstić information content (AvgIpc) is 3.18. The molecule has 0 saturated carbocycles. The minimum Gasteiger partial charge on any atom is -0.493 e. The lowest BCUT2D eigenvalue weighted by Gasteiger charge is -2.35. The monoisotopic (exact) mass is 393 g/mol. The number of hydrogen-bond donors (Lipinski definition) is 1. The second-order valence-corrected chi connectivity index (χ2v) is 7.57. The van der Waals surface area contributed by atoms with E-state index in [0.717, 1.165) is 36.3 Å². The molecule has 1 fully saturated rings. The number of para-hydroxylation sites is 1. The van der Waals surface area contributed by atoms with E-state index in [9.17, 15) is 4.79 Å². The molecule has 1 saturated heterocycles. The molecule has 5 nitrogen and oxygen atoms in total. The molecule has 1 aliphatic carbocycles. The summed E-state index contributed by atoms with van der Waals surface area (Å²) < 4.78 is 16.5. The SMILES string of the molecule is COc1cccc(/C=C/CC2CCc3ccccc3C2C2CNC(=O)O2)c1OC. The van der Waals surface area contributed by atoms with Crippen LogP contribution in [-0.2, 0) is 11.2 Å². The summed E-state index contributed by atoms with van der Waals surface area (Å²) in [6.45, 7) is 0.571. The maximum absolute atomic E-state index is 11.7. The van der Waals surface area contributed by atoms with Crippen molar-refractivity contribution in [3.05, 3.63) is 65.2 Å². The fourth-order valence-corrected chi connectivity index (χ4v) is 4.65. The van der Waals surface area contributed by atoms with Crippen molar-refractivity contribution in [2.75, 3.05) is 20.8 Å². The number of ether oxygens (including phenoxy) is 3. The van der Waals surface area contributed by atoms with Crippen molar-refractivity contribution in [3.8, 4) is 11.5 Å². The largest absolute Gasteiger partial charge is 0.493 e. The van der Waals surface area contributed by atoms with Gasteiger partial charge in [0.05, 0.1) is 20.8 Å². The zero-order valence-electron chi connectivity index (χ0n) is 16.9. The fourth-order valence-electron chi connectivity index (χ4n) is 4.65. The summed E-state index contributed by atoms with van der Waals surface area (Å²) in [5.74, 6) is 2.08. The van der Waals surface area contributed by atoms with Gasteiger partial charge in [-0.15, -0.1) is 0 Å². The first-order valence-corrected chi connectivity index (χ1v) is 10.1. The van der Waals surface area contributed by atoms with Crippen LogP contribution in [0.4, 0.5) is 4.79 Å². The molecule has 3 atom stereocenters. The number of carbonyl (C=O) groups is 1. The van der Waals surface area contributed by atoms with Crippen molar-refractivity contribution in [2.24, 2.45) is 5.92 Å². The van der Waals surface area contributed by atoms with Crippen LogP contribution in [0.25, 0.3) is 6.08 Å². The van der Waals surface area contributed by atoms with E-state index in [1.165, 1.54) is 11.1 Å². The Kier molecular flexibility index (Phi) is 5.74. The number of fused-ring (bicyclic) bond motifs is 1. The molecule has 0 radical (unpaired) electrons. The number of cyclic esters (lactones) is 1. The first-order valence-electron chi connectivity index (χ1n) is 10.1. The lowest BCUT2D eigenvalue weighted by molar-refractivity contribution is 0.104. The summed E-state index contributed by atoms with van der Waals surface area (Å²) in [6.07, 6.45) is 6.91. The van der Waals surface area contributed by atoms with E-state index in [-0.39, 0.29) is 18.1 Å². The van der Waals surface area contributed by atoms with Gasteiger partial charge in [0.15, 0.2) is 11.5 Å². The van der Waals surface area contributed by atoms with E-state index < -0.39 is 0 Å². The van der Waals surface area contributed by atoms with Gasteiger partial charge in [-0.2, -0.15) is 0 Å². The first-order chi connectivity index (χ1) is 14.2. The Hall–Kier alpha value is -2.95. The quantitative estimate of drug-likeness (QED) is 0.782. The number of amides is 1.